The van der Waals surface area contributed by atoms with Crippen molar-refractivity contribution >= 4 is 18.3 Å². The maximum Gasteiger partial charge on any atom is 0.234 e. The van der Waals surface area contributed by atoms with E-state index in [1.165, 1.54) is 0 Å². The van der Waals surface area contributed by atoms with E-state index in [4.69, 9.17) is 4.74 Å². The molecular weight excluding hydrogens is 390 g/mol. The summed E-state index contributed by atoms with van der Waals surface area (Å²) in [5, 5.41) is 6.64. The Labute approximate surface area is 179 Å². The lowest BCUT2D eigenvalue weighted by Crippen LogP contribution is -2.50. The van der Waals surface area contributed by atoms with Crippen LogP contribution in [0.2, 0.25) is 0 Å². The number of hydrogen-bond donors (Lipinski definition) is 2. The molecule has 0 saturated carbocycles. The maximum absolute atomic E-state index is 12.9. The van der Waals surface area contributed by atoms with Crippen LogP contribution >= 0.6 is 12.4 Å². The zero-order valence-corrected chi connectivity index (χ0v) is 18.4. The number of nitrogens with zero attached hydrogens (tertiary/aromatic N) is 3. The molecule has 0 radical (unpaired) electrons. The molecular formula is C21H32ClN5O2. The van der Waals surface area contributed by atoms with Gasteiger partial charge in [0.25, 0.3) is 0 Å². The number of carbonyl (C=O) groups is 1. The van der Waals surface area contributed by atoms with Crippen LogP contribution in [-0.2, 0) is 11.8 Å². The monoisotopic (exact) mass is 421 g/mol. The summed E-state index contributed by atoms with van der Waals surface area (Å²) in [4.78, 5) is 19.6. The predicted molar refractivity (Wildman–Crippen MR) is 116 cm³/mol. The number of benzene rings is 1. The quantitative estimate of drug-likeness (QED) is 0.717. The van der Waals surface area contributed by atoms with Gasteiger partial charge in [0.15, 0.2) is 0 Å². The molecule has 8 heteroatoms. The molecule has 1 aromatic heterocycles. The molecule has 1 aromatic carbocycles. The van der Waals surface area contributed by atoms with E-state index in [0.29, 0.717) is 6.54 Å². The average Bonchev–Trinajstić information content (AvgIpc) is 3.12. The molecule has 1 aliphatic heterocycles. The van der Waals surface area contributed by atoms with Crippen LogP contribution in [0.3, 0.4) is 0 Å². The highest BCUT2D eigenvalue weighted by atomic mass is 35.5. The number of aryl methyl sites for hydroxylation is 1. The minimum atomic E-state index is -0.0343. The lowest BCUT2D eigenvalue weighted by atomic mass is 9.96. The molecule has 2 aromatic rings. The van der Waals surface area contributed by atoms with Crippen molar-refractivity contribution < 1.29 is 9.53 Å². The summed E-state index contributed by atoms with van der Waals surface area (Å²) >= 11 is 0. The summed E-state index contributed by atoms with van der Waals surface area (Å²) in [5.41, 5.74) is 1.09. The second kappa shape index (κ2) is 10.6. The molecule has 7 nitrogen and oxygen atoms in total. The lowest BCUT2D eigenvalue weighted by Gasteiger charge is -2.35. The summed E-state index contributed by atoms with van der Waals surface area (Å²) in [5.74, 6) is 2.12. The molecule has 29 heavy (non-hydrogen) atoms. The van der Waals surface area contributed by atoms with Crippen molar-refractivity contribution in [3.63, 3.8) is 0 Å². The van der Waals surface area contributed by atoms with Crippen LogP contribution in [0.5, 0.6) is 5.75 Å². The lowest BCUT2D eigenvalue weighted by molar-refractivity contribution is -0.124. The summed E-state index contributed by atoms with van der Waals surface area (Å²) < 4.78 is 7.26. The number of methoxy groups -OCH3 is 1. The highest BCUT2D eigenvalue weighted by molar-refractivity contribution is 5.85. The highest BCUT2D eigenvalue weighted by Gasteiger charge is 2.29. The Morgan fingerprint density at radius 1 is 1.34 bits per heavy atom. The Kier molecular flexibility index (Phi) is 8.49. The Balaban J connectivity index is 0.00000300. The standard InChI is InChI=1S/C21H31N5O2.ClH/c1-15(2)20(16-5-7-17(28-4)8-6-16)24-19(27)14-26-12-9-22-13-18(26)21-23-10-11-25(21)3;/h5-8,10-11,15,18,20,22H,9,12-14H2,1-4H3,(H,24,27);1H. The first-order chi connectivity index (χ1) is 13.5. The number of ether oxygens (including phenoxy) is 1. The maximum atomic E-state index is 12.9. The largest absolute Gasteiger partial charge is 0.497 e. The molecule has 160 valence electrons. The molecule has 0 bridgehead atoms. The van der Waals surface area contributed by atoms with E-state index in [1.54, 1.807) is 13.3 Å². The van der Waals surface area contributed by atoms with Gasteiger partial charge in [-0.3, -0.25) is 9.69 Å². The van der Waals surface area contributed by atoms with Gasteiger partial charge in [-0.1, -0.05) is 26.0 Å². The minimum absolute atomic E-state index is 0. The fourth-order valence-electron chi connectivity index (χ4n) is 3.74. The predicted octanol–water partition coefficient (Wildman–Crippen LogP) is 2.31. The number of amides is 1. The van der Waals surface area contributed by atoms with Crippen LogP contribution in [0.15, 0.2) is 36.7 Å². The van der Waals surface area contributed by atoms with Crippen molar-refractivity contribution in [2.45, 2.75) is 25.9 Å². The Hall–Kier alpha value is -2.09. The number of hydrogen-bond acceptors (Lipinski definition) is 5. The zero-order chi connectivity index (χ0) is 20.1. The van der Waals surface area contributed by atoms with Gasteiger partial charge in [-0.05, 0) is 23.6 Å². The van der Waals surface area contributed by atoms with Gasteiger partial charge in [0.05, 0.1) is 25.7 Å². The number of carbonyl (C=O) groups excluding carboxylic acids is 1. The van der Waals surface area contributed by atoms with Gasteiger partial charge in [-0.25, -0.2) is 4.98 Å². The number of nitrogens with one attached hydrogen (secondary N) is 2. The third-order valence-corrected chi connectivity index (χ3v) is 5.32. The number of aromatic nitrogens is 2. The molecule has 0 spiro atoms. The van der Waals surface area contributed by atoms with Crippen molar-refractivity contribution in [3.05, 3.63) is 48.0 Å². The normalized spacial score (nSPS) is 18.2. The zero-order valence-electron chi connectivity index (χ0n) is 17.6. The second-order valence-corrected chi connectivity index (χ2v) is 7.65. The van der Waals surface area contributed by atoms with Crippen molar-refractivity contribution in [1.82, 2.24) is 25.1 Å². The summed E-state index contributed by atoms with van der Waals surface area (Å²) in [6.07, 6.45) is 3.75. The smallest absolute Gasteiger partial charge is 0.234 e. The Morgan fingerprint density at radius 3 is 2.66 bits per heavy atom. The van der Waals surface area contributed by atoms with Crippen LogP contribution in [0.25, 0.3) is 0 Å². The number of rotatable bonds is 7. The van der Waals surface area contributed by atoms with Gasteiger partial charge in [0.2, 0.25) is 5.91 Å². The summed E-state index contributed by atoms with van der Waals surface area (Å²) in [6, 6.07) is 7.97. The Morgan fingerprint density at radius 2 is 2.07 bits per heavy atom. The SMILES string of the molecule is COc1ccc(C(NC(=O)CN2CCNCC2c2nccn2C)C(C)C)cc1.Cl. The van der Waals surface area contributed by atoms with Gasteiger partial charge in [-0.15, -0.1) is 12.4 Å². The number of halogens is 1. The molecule has 2 unspecified atom stereocenters. The number of piperazine rings is 1. The molecule has 1 saturated heterocycles. The van der Waals surface area contributed by atoms with Gasteiger partial charge >= 0.3 is 0 Å². The molecule has 1 fully saturated rings. The van der Waals surface area contributed by atoms with Gasteiger partial charge in [0, 0.05) is 39.1 Å². The minimum Gasteiger partial charge on any atom is -0.497 e. The van der Waals surface area contributed by atoms with Crippen LogP contribution in [0, 0.1) is 5.92 Å². The molecule has 2 heterocycles. The third-order valence-electron chi connectivity index (χ3n) is 5.32. The van der Waals surface area contributed by atoms with Crippen LogP contribution < -0.4 is 15.4 Å². The van der Waals surface area contributed by atoms with E-state index in [-0.39, 0.29) is 36.3 Å². The van der Waals surface area contributed by atoms with Crippen LogP contribution in [-0.4, -0.2) is 53.6 Å². The van der Waals surface area contributed by atoms with E-state index in [2.05, 4.69) is 34.4 Å². The van der Waals surface area contributed by atoms with E-state index in [1.807, 2.05) is 42.1 Å². The van der Waals surface area contributed by atoms with Crippen LogP contribution in [0.4, 0.5) is 0 Å². The molecule has 3 rings (SSSR count). The fraction of sp³-hybridized carbons (Fsp3) is 0.524. The molecule has 1 amide bonds. The Bertz CT molecular complexity index is 778. The van der Waals surface area contributed by atoms with E-state index >= 15 is 0 Å². The third kappa shape index (κ3) is 5.72. The molecule has 1 aliphatic rings. The molecule has 2 N–H and O–H groups in total. The average molecular weight is 422 g/mol. The van der Waals surface area contributed by atoms with Crippen molar-refractivity contribution in [2.75, 3.05) is 33.3 Å². The molecule has 0 aliphatic carbocycles. The first kappa shape index (κ1) is 23.2. The number of imidazole rings is 1. The highest BCUT2D eigenvalue weighted by Crippen LogP contribution is 2.25. The first-order valence-electron chi connectivity index (χ1n) is 9.85. The van der Waals surface area contributed by atoms with Gasteiger partial charge in [-0.2, -0.15) is 0 Å². The van der Waals surface area contributed by atoms with Gasteiger partial charge in [0.1, 0.15) is 11.6 Å². The van der Waals surface area contributed by atoms with Crippen LogP contribution in [0.1, 0.15) is 37.3 Å². The van der Waals surface area contributed by atoms with Crippen molar-refractivity contribution in [3.8, 4) is 5.75 Å². The summed E-state index contributed by atoms with van der Waals surface area (Å²) in [7, 11) is 3.65. The van der Waals surface area contributed by atoms with Crippen molar-refractivity contribution in [1.29, 1.82) is 0 Å². The molecule has 2 atom stereocenters. The topological polar surface area (TPSA) is 71.4 Å². The first-order valence-corrected chi connectivity index (χ1v) is 9.85. The van der Waals surface area contributed by atoms with Crippen molar-refractivity contribution in [2.24, 2.45) is 13.0 Å². The fourth-order valence-corrected chi connectivity index (χ4v) is 3.74. The second-order valence-electron chi connectivity index (χ2n) is 7.65. The van der Waals surface area contributed by atoms with E-state index in [0.717, 1.165) is 36.8 Å². The summed E-state index contributed by atoms with van der Waals surface area (Å²) in [6.45, 7) is 7.09. The van der Waals surface area contributed by atoms with Gasteiger partial charge < -0.3 is 19.9 Å². The van der Waals surface area contributed by atoms with E-state index in [9.17, 15) is 4.79 Å². The van der Waals surface area contributed by atoms with E-state index < -0.39 is 0 Å².